The number of hydrogen-bond donors (Lipinski definition) is 1. The largest absolute Gasteiger partial charge is 0.493 e. The van der Waals surface area contributed by atoms with Gasteiger partial charge in [0.2, 0.25) is 0 Å². The van der Waals surface area contributed by atoms with E-state index in [0.29, 0.717) is 24.3 Å². The van der Waals surface area contributed by atoms with Crippen LogP contribution < -0.4 is 10.1 Å². The second-order valence-electron chi connectivity index (χ2n) is 3.66. The Hall–Kier alpha value is -1.09. The molecule has 2 rings (SSSR count). The zero-order chi connectivity index (χ0) is 9.97. The first-order valence-corrected chi connectivity index (χ1v) is 4.85. The van der Waals surface area contributed by atoms with Crippen LogP contribution in [-0.4, -0.2) is 19.7 Å². The second kappa shape index (κ2) is 3.96. The molecule has 1 N–H and O–H groups in total. The number of hydrogen-bond acceptors (Lipinski definition) is 2. The van der Waals surface area contributed by atoms with Crippen LogP contribution in [0, 0.1) is 11.7 Å². The van der Waals surface area contributed by atoms with Gasteiger partial charge in [-0.2, -0.15) is 0 Å². The summed E-state index contributed by atoms with van der Waals surface area (Å²) in [5, 5.41) is 3.18. The first-order valence-electron chi connectivity index (χ1n) is 4.85. The highest BCUT2D eigenvalue weighted by Crippen LogP contribution is 2.30. The average molecular weight is 195 g/mol. The summed E-state index contributed by atoms with van der Waals surface area (Å²) in [6.45, 7) is 0.676. The molecule has 1 aliphatic rings. The van der Waals surface area contributed by atoms with E-state index in [2.05, 4.69) is 5.32 Å². The Morgan fingerprint density at radius 3 is 3.07 bits per heavy atom. The smallest absolute Gasteiger partial charge is 0.126 e. The Morgan fingerprint density at radius 1 is 1.57 bits per heavy atom. The van der Waals surface area contributed by atoms with Crippen LogP contribution in [0.5, 0.6) is 5.75 Å². The summed E-state index contributed by atoms with van der Waals surface area (Å²) in [6.07, 6.45) is 1.16. The zero-order valence-electron chi connectivity index (χ0n) is 8.16. The summed E-state index contributed by atoms with van der Waals surface area (Å²) in [5.41, 5.74) is 0. The predicted octanol–water partition coefficient (Wildman–Crippen LogP) is 1.81. The van der Waals surface area contributed by atoms with Crippen molar-refractivity contribution < 1.29 is 9.13 Å². The van der Waals surface area contributed by atoms with Crippen molar-refractivity contribution in [3.8, 4) is 5.75 Å². The van der Waals surface area contributed by atoms with E-state index in [9.17, 15) is 4.39 Å². The molecule has 1 aliphatic carbocycles. The number of nitrogens with one attached hydrogen (secondary N) is 1. The van der Waals surface area contributed by atoms with Crippen molar-refractivity contribution in [2.24, 2.45) is 5.92 Å². The average Bonchev–Trinajstić information content (AvgIpc) is 2.93. The minimum Gasteiger partial charge on any atom is -0.493 e. The fourth-order valence-electron chi connectivity index (χ4n) is 1.55. The van der Waals surface area contributed by atoms with Crippen LogP contribution in [0.4, 0.5) is 4.39 Å². The van der Waals surface area contributed by atoms with Gasteiger partial charge in [-0.25, -0.2) is 4.39 Å². The number of halogens is 1. The fraction of sp³-hybridized carbons (Fsp3) is 0.455. The van der Waals surface area contributed by atoms with Crippen molar-refractivity contribution in [1.82, 2.24) is 5.32 Å². The lowest BCUT2D eigenvalue weighted by Gasteiger charge is -2.05. The van der Waals surface area contributed by atoms with Gasteiger partial charge in [0.1, 0.15) is 11.6 Å². The molecule has 0 spiro atoms. The van der Waals surface area contributed by atoms with Gasteiger partial charge in [-0.3, -0.25) is 0 Å². The number of benzene rings is 1. The maximum atomic E-state index is 12.8. The summed E-state index contributed by atoms with van der Waals surface area (Å²) in [5.74, 6) is 0.957. The lowest BCUT2D eigenvalue weighted by atomic mass is 10.3. The quantitative estimate of drug-likeness (QED) is 0.791. The molecule has 0 amide bonds. The van der Waals surface area contributed by atoms with Crippen LogP contribution in [0.3, 0.4) is 0 Å². The molecule has 0 heterocycles. The van der Waals surface area contributed by atoms with Crippen LogP contribution >= 0.6 is 0 Å². The third-order valence-corrected chi connectivity index (χ3v) is 2.55. The molecular weight excluding hydrogens is 181 g/mol. The van der Waals surface area contributed by atoms with Gasteiger partial charge in [-0.1, -0.05) is 6.07 Å². The van der Waals surface area contributed by atoms with Gasteiger partial charge < -0.3 is 10.1 Å². The monoisotopic (exact) mass is 195 g/mol. The van der Waals surface area contributed by atoms with Gasteiger partial charge in [0.05, 0.1) is 6.61 Å². The Kier molecular flexibility index (Phi) is 2.68. The van der Waals surface area contributed by atoms with E-state index in [1.54, 1.807) is 12.1 Å². The zero-order valence-corrected chi connectivity index (χ0v) is 8.16. The van der Waals surface area contributed by atoms with Gasteiger partial charge in [0.15, 0.2) is 0 Å². The van der Waals surface area contributed by atoms with Crippen molar-refractivity contribution in [2.75, 3.05) is 13.7 Å². The minimum atomic E-state index is -0.247. The lowest BCUT2D eigenvalue weighted by Crippen LogP contribution is -2.14. The highest BCUT2D eigenvalue weighted by atomic mass is 19.1. The second-order valence-corrected chi connectivity index (χ2v) is 3.66. The van der Waals surface area contributed by atoms with E-state index in [1.807, 2.05) is 7.05 Å². The molecule has 2 unspecified atom stereocenters. The normalized spacial score (nSPS) is 24.7. The van der Waals surface area contributed by atoms with Crippen LogP contribution in [0.2, 0.25) is 0 Å². The molecule has 1 fully saturated rings. The van der Waals surface area contributed by atoms with Gasteiger partial charge in [-0.15, -0.1) is 0 Å². The molecule has 1 aromatic rings. The SMILES string of the molecule is CNC1CC1COc1cccc(F)c1. The molecule has 0 aliphatic heterocycles. The third kappa shape index (κ3) is 2.23. The maximum Gasteiger partial charge on any atom is 0.126 e. The standard InChI is InChI=1S/C11H14FNO/c1-13-11-5-8(11)7-14-10-4-2-3-9(12)6-10/h2-4,6,8,11,13H,5,7H2,1H3. The number of rotatable bonds is 4. The van der Waals surface area contributed by atoms with E-state index in [4.69, 9.17) is 4.74 Å². The van der Waals surface area contributed by atoms with Gasteiger partial charge in [0, 0.05) is 18.0 Å². The van der Waals surface area contributed by atoms with Crippen molar-refractivity contribution >= 4 is 0 Å². The maximum absolute atomic E-state index is 12.8. The molecule has 0 aromatic heterocycles. The minimum absolute atomic E-state index is 0.247. The number of ether oxygens (including phenoxy) is 1. The molecule has 2 nitrogen and oxygen atoms in total. The van der Waals surface area contributed by atoms with Crippen molar-refractivity contribution in [3.05, 3.63) is 30.1 Å². The molecular formula is C11H14FNO. The van der Waals surface area contributed by atoms with E-state index < -0.39 is 0 Å². The molecule has 0 bridgehead atoms. The third-order valence-electron chi connectivity index (χ3n) is 2.55. The summed E-state index contributed by atoms with van der Waals surface area (Å²) in [7, 11) is 1.95. The molecule has 14 heavy (non-hydrogen) atoms. The van der Waals surface area contributed by atoms with Crippen LogP contribution in [-0.2, 0) is 0 Å². The summed E-state index contributed by atoms with van der Waals surface area (Å²) < 4.78 is 18.2. The summed E-state index contributed by atoms with van der Waals surface area (Å²) in [4.78, 5) is 0. The molecule has 76 valence electrons. The molecule has 0 radical (unpaired) electrons. The van der Waals surface area contributed by atoms with Crippen molar-refractivity contribution in [1.29, 1.82) is 0 Å². The van der Waals surface area contributed by atoms with Gasteiger partial charge in [0.25, 0.3) is 0 Å². The van der Waals surface area contributed by atoms with E-state index in [1.165, 1.54) is 12.1 Å². The first-order chi connectivity index (χ1) is 6.79. The first kappa shape index (κ1) is 9.46. The topological polar surface area (TPSA) is 21.3 Å². The molecule has 1 saturated carbocycles. The summed E-state index contributed by atoms with van der Waals surface area (Å²) >= 11 is 0. The van der Waals surface area contributed by atoms with Crippen LogP contribution in [0.1, 0.15) is 6.42 Å². The van der Waals surface area contributed by atoms with Crippen LogP contribution in [0.25, 0.3) is 0 Å². The van der Waals surface area contributed by atoms with E-state index >= 15 is 0 Å². The van der Waals surface area contributed by atoms with E-state index in [0.717, 1.165) is 6.42 Å². The molecule has 0 saturated heterocycles. The predicted molar refractivity (Wildman–Crippen MR) is 52.8 cm³/mol. The lowest BCUT2D eigenvalue weighted by molar-refractivity contribution is 0.293. The Labute approximate surface area is 83.1 Å². The van der Waals surface area contributed by atoms with E-state index in [-0.39, 0.29) is 5.82 Å². The van der Waals surface area contributed by atoms with Crippen molar-refractivity contribution in [2.45, 2.75) is 12.5 Å². The molecule has 2 atom stereocenters. The van der Waals surface area contributed by atoms with Crippen molar-refractivity contribution in [3.63, 3.8) is 0 Å². The van der Waals surface area contributed by atoms with Crippen LogP contribution in [0.15, 0.2) is 24.3 Å². The summed E-state index contributed by atoms with van der Waals surface area (Å²) in [6, 6.07) is 6.85. The fourth-order valence-corrected chi connectivity index (χ4v) is 1.55. The Bertz CT molecular complexity index is 316. The van der Waals surface area contributed by atoms with Gasteiger partial charge in [-0.05, 0) is 25.6 Å². The molecule has 3 heteroatoms. The highest BCUT2D eigenvalue weighted by molar-refractivity contribution is 5.22. The highest BCUT2D eigenvalue weighted by Gasteiger charge is 2.36. The Morgan fingerprint density at radius 2 is 2.43 bits per heavy atom. The van der Waals surface area contributed by atoms with Gasteiger partial charge >= 0.3 is 0 Å². The molecule has 1 aromatic carbocycles. The Balaban J connectivity index is 1.81.